The molecule has 0 radical (unpaired) electrons. The van der Waals surface area contributed by atoms with Crippen molar-refractivity contribution in [2.75, 3.05) is 37.4 Å². The summed E-state index contributed by atoms with van der Waals surface area (Å²) in [5.74, 6) is 1.09. The second-order valence-electron chi connectivity index (χ2n) is 6.27. The van der Waals surface area contributed by atoms with Gasteiger partial charge in [-0.2, -0.15) is 0 Å². The van der Waals surface area contributed by atoms with Crippen molar-refractivity contribution >= 4 is 37.5 Å². The fourth-order valence-electron chi connectivity index (χ4n) is 2.68. The van der Waals surface area contributed by atoms with Gasteiger partial charge in [0.25, 0.3) is 0 Å². The summed E-state index contributed by atoms with van der Waals surface area (Å²) < 4.78 is 37.1. The lowest BCUT2D eigenvalue weighted by atomic mass is 10.2. The molecule has 0 saturated carbocycles. The molecule has 0 aliphatic heterocycles. The average molecular weight is 485 g/mol. The average Bonchev–Trinajstić information content (AvgIpc) is 2.68. The molecule has 9 heteroatoms. The van der Waals surface area contributed by atoms with Gasteiger partial charge in [-0.3, -0.25) is 9.10 Å². The van der Waals surface area contributed by atoms with E-state index in [1.165, 1.54) is 4.31 Å². The number of methoxy groups -OCH3 is 1. The molecule has 7 nitrogen and oxygen atoms in total. The number of para-hydroxylation sites is 2. The lowest BCUT2D eigenvalue weighted by Gasteiger charge is -2.22. The van der Waals surface area contributed by atoms with Gasteiger partial charge in [0, 0.05) is 17.4 Å². The van der Waals surface area contributed by atoms with Crippen LogP contribution in [0.1, 0.15) is 12.8 Å². The lowest BCUT2D eigenvalue weighted by molar-refractivity contribution is -0.121. The summed E-state index contributed by atoms with van der Waals surface area (Å²) in [6, 6.07) is 14.3. The molecule has 0 aliphatic rings. The van der Waals surface area contributed by atoms with Crippen molar-refractivity contribution in [3.63, 3.8) is 0 Å². The highest BCUT2D eigenvalue weighted by molar-refractivity contribution is 9.10. The van der Waals surface area contributed by atoms with Crippen LogP contribution in [0.15, 0.2) is 53.0 Å². The highest BCUT2D eigenvalue weighted by Gasteiger charge is 2.17. The largest absolute Gasteiger partial charge is 0.493 e. The molecule has 0 aliphatic carbocycles. The van der Waals surface area contributed by atoms with Gasteiger partial charge >= 0.3 is 0 Å². The zero-order chi connectivity index (χ0) is 21.3. The Kier molecular flexibility index (Phi) is 8.78. The minimum atomic E-state index is -3.44. The summed E-state index contributed by atoms with van der Waals surface area (Å²) in [5, 5.41) is 2.77. The van der Waals surface area contributed by atoms with Crippen LogP contribution in [-0.2, 0) is 14.8 Å². The summed E-state index contributed by atoms with van der Waals surface area (Å²) in [6.07, 6.45) is 1.77. The van der Waals surface area contributed by atoms with Gasteiger partial charge in [-0.05, 0) is 36.8 Å². The molecule has 0 atom stereocenters. The predicted molar refractivity (Wildman–Crippen MR) is 117 cm³/mol. The number of ether oxygens (including phenoxy) is 2. The Bertz CT molecular complexity index is 921. The molecule has 1 amide bonds. The molecule has 0 unspecified atom stereocenters. The van der Waals surface area contributed by atoms with E-state index < -0.39 is 10.0 Å². The standard InChI is InChI=1S/C20H25BrN2O5S/c1-27-18-9-3-4-10-19(18)28-14-12-22-20(24)11-6-13-23(29(2,25)26)17-8-5-7-16(21)15-17/h3-5,7-10,15H,6,11-14H2,1-2H3,(H,22,24). The van der Waals surface area contributed by atoms with Crippen molar-refractivity contribution in [1.29, 1.82) is 0 Å². The van der Waals surface area contributed by atoms with Crippen molar-refractivity contribution in [1.82, 2.24) is 5.32 Å². The highest BCUT2D eigenvalue weighted by atomic mass is 79.9. The van der Waals surface area contributed by atoms with Crippen LogP contribution in [0.4, 0.5) is 5.69 Å². The summed E-state index contributed by atoms with van der Waals surface area (Å²) in [6.45, 7) is 0.873. The Hall–Kier alpha value is -2.26. The van der Waals surface area contributed by atoms with Gasteiger partial charge in [0.15, 0.2) is 11.5 Å². The molecule has 0 saturated heterocycles. The molecule has 2 aromatic carbocycles. The fourth-order valence-corrected chi connectivity index (χ4v) is 4.02. The monoisotopic (exact) mass is 484 g/mol. The first-order valence-corrected chi connectivity index (χ1v) is 11.7. The zero-order valence-corrected chi connectivity index (χ0v) is 18.8. The summed E-state index contributed by atoms with van der Waals surface area (Å²) in [7, 11) is -1.87. The summed E-state index contributed by atoms with van der Waals surface area (Å²) in [5.41, 5.74) is 0.562. The summed E-state index contributed by atoms with van der Waals surface area (Å²) >= 11 is 3.34. The van der Waals surface area contributed by atoms with Crippen molar-refractivity contribution in [2.24, 2.45) is 0 Å². The van der Waals surface area contributed by atoms with E-state index in [2.05, 4.69) is 21.2 Å². The third-order valence-corrected chi connectivity index (χ3v) is 5.70. The molecular weight excluding hydrogens is 460 g/mol. The molecule has 0 heterocycles. The van der Waals surface area contributed by atoms with Crippen molar-refractivity contribution in [3.8, 4) is 11.5 Å². The van der Waals surface area contributed by atoms with Gasteiger partial charge in [-0.15, -0.1) is 0 Å². The van der Waals surface area contributed by atoms with Crippen LogP contribution in [0.3, 0.4) is 0 Å². The first-order chi connectivity index (χ1) is 13.8. The quantitative estimate of drug-likeness (QED) is 0.495. The summed E-state index contributed by atoms with van der Waals surface area (Å²) in [4.78, 5) is 12.0. The number of nitrogens with one attached hydrogen (secondary N) is 1. The number of amides is 1. The number of nitrogens with zero attached hydrogens (tertiary/aromatic N) is 1. The predicted octanol–water partition coefficient (Wildman–Crippen LogP) is 3.20. The van der Waals surface area contributed by atoms with Crippen LogP contribution >= 0.6 is 15.9 Å². The number of rotatable bonds is 11. The third kappa shape index (κ3) is 7.58. The maximum absolute atomic E-state index is 12.1. The Labute approximate surface area is 180 Å². The van der Waals surface area contributed by atoms with Crippen LogP contribution in [0.2, 0.25) is 0 Å². The normalized spacial score (nSPS) is 11.0. The van der Waals surface area contributed by atoms with E-state index in [1.54, 1.807) is 37.4 Å². The minimum Gasteiger partial charge on any atom is -0.493 e. The van der Waals surface area contributed by atoms with Gasteiger partial charge in [-0.25, -0.2) is 8.42 Å². The number of hydrogen-bond donors (Lipinski definition) is 1. The Morgan fingerprint density at radius 3 is 2.52 bits per heavy atom. The number of halogens is 1. The molecule has 0 spiro atoms. The van der Waals surface area contributed by atoms with E-state index in [9.17, 15) is 13.2 Å². The smallest absolute Gasteiger partial charge is 0.232 e. The molecule has 2 rings (SSSR count). The van der Waals surface area contributed by atoms with Crippen LogP contribution in [0.5, 0.6) is 11.5 Å². The maximum Gasteiger partial charge on any atom is 0.232 e. The minimum absolute atomic E-state index is 0.156. The van der Waals surface area contributed by atoms with Gasteiger partial charge in [-0.1, -0.05) is 34.1 Å². The third-order valence-electron chi connectivity index (χ3n) is 4.01. The van der Waals surface area contributed by atoms with Crippen LogP contribution in [0, 0.1) is 0 Å². The lowest BCUT2D eigenvalue weighted by Crippen LogP contribution is -2.32. The van der Waals surface area contributed by atoms with Crippen molar-refractivity contribution < 1.29 is 22.7 Å². The Morgan fingerprint density at radius 1 is 1.14 bits per heavy atom. The molecule has 158 valence electrons. The van der Waals surface area contributed by atoms with Gasteiger partial charge in [0.05, 0.1) is 25.6 Å². The van der Waals surface area contributed by atoms with Crippen molar-refractivity contribution in [2.45, 2.75) is 12.8 Å². The molecule has 1 N–H and O–H groups in total. The molecule has 0 aromatic heterocycles. The first-order valence-electron chi connectivity index (χ1n) is 9.07. The number of benzene rings is 2. The van der Waals surface area contributed by atoms with E-state index in [4.69, 9.17) is 9.47 Å². The van der Waals surface area contributed by atoms with Crippen LogP contribution < -0.4 is 19.1 Å². The second-order valence-corrected chi connectivity index (χ2v) is 9.09. The van der Waals surface area contributed by atoms with E-state index in [1.807, 2.05) is 18.2 Å². The van der Waals surface area contributed by atoms with E-state index in [0.717, 1.165) is 10.7 Å². The second kappa shape index (κ2) is 11.1. The Balaban J connectivity index is 1.76. The van der Waals surface area contributed by atoms with Gasteiger partial charge < -0.3 is 14.8 Å². The van der Waals surface area contributed by atoms with Crippen molar-refractivity contribution in [3.05, 3.63) is 53.0 Å². The molecule has 0 fully saturated rings. The first kappa shape index (κ1) is 23.0. The molecule has 29 heavy (non-hydrogen) atoms. The number of carbonyl (C=O) groups excluding carboxylic acids is 1. The molecular formula is C20H25BrN2O5S. The fraction of sp³-hybridized carbons (Fsp3) is 0.350. The van der Waals surface area contributed by atoms with Crippen LogP contribution in [0.25, 0.3) is 0 Å². The SMILES string of the molecule is COc1ccccc1OCCNC(=O)CCCN(c1cccc(Br)c1)S(C)(=O)=O. The topological polar surface area (TPSA) is 84.9 Å². The molecule has 0 bridgehead atoms. The number of carbonyl (C=O) groups is 1. The van der Waals surface area contributed by atoms with E-state index in [0.29, 0.717) is 36.8 Å². The van der Waals surface area contributed by atoms with Gasteiger partial charge in [0.1, 0.15) is 6.61 Å². The maximum atomic E-state index is 12.1. The van der Waals surface area contributed by atoms with E-state index in [-0.39, 0.29) is 18.9 Å². The molecule has 2 aromatic rings. The number of hydrogen-bond acceptors (Lipinski definition) is 5. The number of sulfonamides is 1. The Morgan fingerprint density at radius 2 is 1.86 bits per heavy atom. The number of anilines is 1. The van der Waals surface area contributed by atoms with E-state index >= 15 is 0 Å². The van der Waals surface area contributed by atoms with Crippen LogP contribution in [-0.4, -0.2) is 47.4 Å². The highest BCUT2D eigenvalue weighted by Crippen LogP contribution is 2.25. The zero-order valence-electron chi connectivity index (χ0n) is 16.4. The van der Waals surface area contributed by atoms with Gasteiger partial charge in [0.2, 0.25) is 15.9 Å².